The first-order valence-electron chi connectivity index (χ1n) is 9.01. The number of hydrogen-bond donors (Lipinski definition) is 2. The van der Waals surface area contributed by atoms with E-state index in [4.69, 9.17) is 5.11 Å². The summed E-state index contributed by atoms with van der Waals surface area (Å²) in [6.07, 6.45) is 2.46. The number of nitrogens with zero attached hydrogens (tertiary/aromatic N) is 1. The molecule has 0 radical (unpaired) electrons. The van der Waals surface area contributed by atoms with Crippen LogP contribution < -0.4 is 5.32 Å². The molecule has 1 aliphatic rings. The summed E-state index contributed by atoms with van der Waals surface area (Å²) >= 11 is 0. The van der Waals surface area contributed by atoms with Gasteiger partial charge in [-0.25, -0.2) is 0 Å². The second-order valence-corrected chi connectivity index (χ2v) is 6.54. The molecule has 0 spiro atoms. The molecule has 2 aromatic rings. The lowest BCUT2D eigenvalue weighted by molar-refractivity contribution is -0.131. The number of fused-ring (bicyclic) bond motifs is 1. The lowest BCUT2D eigenvalue weighted by atomic mass is 10.00. The molecular weight excluding hydrogens is 312 g/mol. The summed E-state index contributed by atoms with van der Waals surface area (Å²) in [5.41, 5.74) is 3.76. The summed E-state index contributed by atoms with van der Waals surface area (Å²) in [6.45, 7) is 1.97. The van der Waals surface area contributed by atoms with E-state index in [2.05, 4.69) is 35.6 Å². The van der Waals surface area contributed by atoms with Crippen LogP contribution in [0.5, 0.6) is 0 Å². The number of carbonyl (C=O) groups is 1. The van der Waals surface area contributed by atoms with E-state index >= 15 is 0 Å². The second-order valence-electron chi connectivity index (χ2n) is 6.54. The van der Waals surface area contributed by atoms with Crippen LogP contribution in [0.25, 0.3) is 0 Å². The van der Waals surface area contributed by atoms with Gasteiger partial charge in [-0.1, -0.05) is 54.6 Å². The Morgan fingerprint density at radius 3 is 2.56 bits per heavy atom. The third kappa shape index (κ3) is 4.68. The Morgan fingerprint density at radius 2 is 1.80 bits per heavy atom. The minimum absolute atomic E-state index is 0.0920. The third-order valence-corrected chi connectivity index (χ3v) is 4.84. The van der Waals surface area contributed by atoms with Gasteiger partial charge in [0, 0.05) is 25.7 Å². The van der Waals surface area contributed by atoms with Gasteiger partial charge in [-0.3, -0.25) is 4.79 Å². The Morgan fingerprint density at radius 1 is 1.08 bits per heavy atom. The van der Waals surface area contributed by atoms with E-state index in [1.54, 1.807) is 0 Å². The van der Waals surface area contributed by atoms with Crippen molar-refractivity contribution in [1.29, 1.82) is 0 Å². The van der Waals surface area contributed by atoms with Crippen LogP contribution in [-0.2, 0) is 17.8 Å². The fourth-order valence-electron chi connectivity index (χ4n) is 3.40. The topological polar surface area (TPSA) is 52.6 Å². The van der Waals surface area contributed by atoms with E-state index in [0.717, 1.165) is 31.4 Å². The highest BCUT2D eigenvalue weighted by molar-refractivity contribution is 5.78. The smallest absolute Gasteiger partial charge is 0.236 e. The van der Waals surface area contributed by atoms with Crippen LogP contribution in [0.15, 0.2) is 54.6 Å². The van der Waals surface area contributed by atoms with Gasteiger partial charge >= 0.3 is 0 Å². The zero-order chi connectivity index (χ0) is 17.5. The van der Waals surface area contributed by atoms with Gasteiger partial charge in [0.1, 0.15) is 0 Å². The largest absolute Gasteiger partial charge is 0.396 e. The number of amides is 1. The Labute approximate surface area is 149 Å². The Hall–Kier alpha value is -2.17. The number of rotatable bonds is 7. The van der Waals surface area contributed by atoms with Crippen LogP contribution in [0, 0.1) is 0 Å². The number of carbonyl (C=O) groups excluding carboxylic acids is 1. The average molecular weight is 338 g/mol. The van der Waals surface area contributed by atoms with E-state index in [1.165, 1.54) is 11.1 Å². The summed E-state index contributed by atoms with van der Waals surface area (Å²) in [4.78, 5) is 14.6. The fourth-order valence-corrected chi connectivity index (χ4v) is 3.40. The molecule has 4 heteroatoms. The fraction of sp³-hybridized carbons (Fsp3) is 0.381. The molecule has 1 heterocycles. The molecule has 1 amide bonds. The first kappa shape index (κ1) is 17.6. The van der Waals surface area contributed by atoms with Crippen molar-refractivity contribution < 1.29 is 9.90 Å². The lowest BCUT2D eigenvalue weighted by Gasteiger charge is -2.30. The maximum absolute atomic E-state index is 12.6. The minimum Gasteiger partial charge on any atom is -0.396 e. The summed E-state index contributed by atoms with van der Waals surface area (Å²) in [5, 5.41) is 12.5. The van der Waals surface area contributed by atoms with Gasteiger partial charge in [0.2, 0.25) is 5.91 Å². The van der Waals surface area contributed by atoms with Crippen molar-refractivity contribution in [3.05, 3.63) is 71.3 Å². The van der Waals surface area contributed by atoms with Crippen LogP contribution in [0.1, 0.15) is 35.6 Å². The minimum atomic E-state index is 0.0920. The van der Waals surface area contributed by atoms with Crippen LogP contribution >= 0.6 is 0 Å². The van der Waals surface area contributed by atoms with Crippen LogP contribution in [0.2, 0.25) is 0 Å². The molecule has 1 atom stereocenters. The number of benzene rings is 2. The van der Waals surface area contributed by atoms with Crippen LogP contribution in [-0.4, -0.2) is 35.6 Å². The van der Waals surface area contributed by atoms with Gasteiger partial charge in [0.25, 0.3) is 0 Å². The predicted octanol–water partition coefficient (Wildman–Crippen LogP) is 2.67. The molecule has 3 rings (SSSR count). The highest BCUT2D eigenvalue weighted by Crippen LogP contribution is 2.20. The molecular formula is C21H26N2O2. The molecule has 132 valence electrons. The number of hydrogen-bond acceptors (Lipinski definition) is 3. The maximum Gasteiger partial charge on any atom is 0.236 e. The summed E-state index contributed by atoms with van der Waals surface area (Å²) < 4.78 is 0. The van der Waals surface area contributed by atoms with Gasteiger partial charge in [0.05, 0.1) is 6.54 Å². The normalized spacial score (nSPS) is 14.8. The molecule has 2 N–H and O–H groups in total. The van der Waals surface area contributed by atoms with Crippen molar-refractivity contribution in [1.82, 2.24) is 10.2 Å². The van der Waals surface area contributed by atoms with Crippen LogP contribution in [0.3, 0.4) is 0 Å². The highest BCUT2D eigenvalue weighted by atomic mass is 16.3. The van der Waals surface area contributed by atoms with Crippen LogP contribution in [0.4, 0.5) is 0 Å². The van der Waals surface area contributed by atoms with Crippen molar-refractivity contribution in [3.8, 4) is 0 Å². The van der Waals surface area contributed by atoms with Crippen molar-refractivity contribution in [3.63, 3.8) is 0 Å². The van der Waals surface area contributed by atoms with Gasteiger partial charge in [-0.05, 0) is 36.0 Å². The molecule has 0 bridgehead atoms. The van der Waals surface area contributed by atoms with E-state index in [0.29, 0.717) is 13.1 Å². The maximum atomic E-state index is 12.6. The molecule has 1 aliphatic heterocycles. The first-order chi connectivity index (χ1) is 12.3. The average Bonchev–Trinajstić information content (AvgIpc) is 2.68. The molecule has 0 fully saturated rings. The first-order valence-corrected chi connectivity index (χ1v) is 9.01. The molecule has 1 unspecified atom stereocenters. The highest BCUT2D eigenvalue weighted by Gasteiger charge is 2.21. The number of nitrogens with one attached hydrogen (secondary N) is 1. The van der Waals surface area contributed by atoms with E-state index in [9.17, 15) is 4.79 Å². The van der Waals surface area contributed by atoms with Crippen molar-refractivity contribution in [2.75, 3.05) is 19.7 Å². The Bertz CT molecular complexity index is 687. The van der Waals surface area contributed by atoms with Gasteiger partial charge < -0.3 is 15.3 Å². The Kier molecular flexibility index (Phi) is 6.20. The molecule has 0 aromatic heterocycles. The SMILES string of the molecule is O=C(CNC(CCCO)c1ccccc1)N1CCc2ccccc2C1. The van der Waals surface area contributed by atoms with Gasteiger partial charge in [0.15, 0.2) is 0 Å². The molecule has 2 aromatic carbocycles. The second kappa shape index (κ2) is 8.79. The Balaban J connectivity index is 1.58. The van der Waals surface area contributed by atoms with Gasteiger partial charge in [-0.2, -0.15) is 0 Å². The third-order valence-electron chi connectivity index (χ3n) is 4.84. The van der Waals surface area contributed by atoms with Crippen molar-refractivity contribution in [2.24, 2.45) is 0 Å². The van der Waals surface area contributed by atoms with E-state index in [-0.39, 0.29) is 18.6 Å². The van der Waals surface area contributed by atoms with E-state index < -0.39 is 0 Å². The molecule has 0 saturated heterocycles. The molecule has 25 heavy (non-hydrogen) atoms. The quantitative estimate of drug-likeness (QED) is 0.816. The number of aliphatic hydroxyl groups is 1. The number of aliphatic hydroxyl groups excluding tert-OH is 1. The zero-order valence-corrected chi connectivity index (χ0v) is 14.5. The predicted molar refractivity (Wildman–Crippen MR) is 99.1 cm³/mol. The zero-order valence-electron chi connectivity index (χ0n) is 14.5. The van der Waals surface area contributed by atoms with E-state index in [1.807, 2.05) is 29.2 Å². The summed E-state index contributed by atoms with van der Waals surface area (Å²) in [7, 11) is 0. The standard InChI is InChI=1S/C21H26N2O2/c24-14-6-11-20(18-8-2-1-3-9-18)22-15-21(25)23-13-12-17-7-4-5-10-19(17)16-23/h1-5,7-10,20,22,24H,6,11-16H2. The molecule has 4 nitrogen and oxygen atoms in total. The molecule has 0 aliphatic carbocycles. The lowest BCUT2D eigenvalue weighted by Crippen LogP contribution is -2.42. The van der Waals surface area contributed by atoms with Crippen molar-refractivity contribution in [2.45, 2.75) is 31.8 Å². The monoisotopic (exact) mass is 338 g/mol. The molecule has 0 saturated carbocycles. The van der Waals surface area contributed by atoms with Crippen molar-refractivity contribution >= 4 is 5.91 Å². The summed E-state index contributed by atoms with van der Waals surface area (Å²) in [6, 6.07) is 18.6. The summed E-state index contributed by atoms with van der Waals surface area (Å²) in [5.74, 6) is 0.138. The van der Waals surface area contributed by atoms with Gasteiger partial charge in [-0.15, -0.1) is 0 Å².